The van der Waals surface area contributed by atoms with E-state index >= 15 is 0 Å². The molecule has 164 valence electrons. The maximum atomic E-state index is 13.0. The Labute approximate surface area is 182 Å². The van der Waals surface area contributed by atoms with Crippen molar-refractivity contribution >= 4 is 49.8 Å². The van der Waals surface area contributed by atoms with Crippen molar-refractivity contribution in [2.24, 2.45) is 0 Å². The molecule has 0 unspecified atom stereocenters. The van der Waals surface area contributed by atoms with Crippen LogP contribution in [0.3, 0.4) is 0 Å². The third kappa shape index (κ3) is 4.16. The minimum absolute atomic E-state index is 0.0917. The van der Waals surface area contributed by atoms with Gasteiger partial charge in [-0.3, -0.25) is 24.0 Å². The number of amides is 2. The van der Waals surface area contributed by atoms with Crippen LogP contribution in [0, 0.1) is 6.92 Å². The molecule has 1 aliphatic heterocycles. The fourth-order valence-corrected chi connectivity index (χ4v) is 5.14. The van der Waals surface area contributed by atoms with Crippen LogP contribution in [-0.4, -0.2) is 54.5 Å². The molecule has 2 amide bonds. The molecule has 3 N–H and O–H groups in total. The summed E-state index contributed by atoms with van der Waals surface area (Å²) in [5.41, 5.74) is -0.888. The average molecular weight is 465 g/mol. The number of likely N-dealkylation sites (N-methyl/N-ethyl adjacent to an activating group) is 1. The fourth-order valence-electron chi connectivity index (χ4n) is 3.06. The standard InChI is InChI=1S/C19H20N4O6S2/c1-10-9-21-19(30-10)22-18(27)16-17(26)15-11(12(24)7-8-14(25)20-2)5-4-6-13(15)31(28,29)23(16)3/h4-6,9,26H,7-8H2,1-3H3,(H,20,25)(H,21,22,27). The van der Waals surface area contributed by atoms with Crippen LogP contribution in [0.5, 0.6) is 0 Å². The summed E-state index contributed by atoms with van der Waals surface area (Å²) in [5, 5.41) is 16.0. The second-order valence-electron chi connectivity index (χ2n) is 6.67. The van der Waals surface area contributed by atoms with Gasteiger partial charge >= 0.3 is 0 Å². The molecule has 0 bridgehead atoms. The van der Waals surface area contributed by atoms with E-state index in [1.54, 1.807) is 6.92 Å². The number of aryl methyl sites for hydroxylation is 1. The Hall–Kier alpha value is -3.25. The smallest absolute Gasteiger partial charge is 0.278 e. The van der Waals surface area contributed by atoms with E-state index in [4.69, 9.17) is 0 Å². The fraction of sp³-hybridized carbons (Fsp3) is 0.263. The molecule has 10 nitrogen and oxygen atoms in total. The number of nitrogens with one attached hydrogen (secondary N) is 2. The minimum atomic E-state index is -4.22. The molecule has 31 heavy (non-hydrogen) atoms. The summed E-state index contributed by atoms with van der Waals surface area (Å²) in [4.78, 5) is 41.5. The van der Waals surface area contributed by atoms with Crippen molar-refractivity contribution in [3.8, 4) is 0 Å². The molecule has 1 aromatic carbocycles. The van der Waals surface area contributed by atoms with Gasteiger partial charge in [-0.05, 0) is 13.0 Å². The monoisotopic (exact) mass is 464 g/mol. The van der Waals surface area contributed by atoms with Crippen LogP contribution in [0.2, 0.25) is 0 Å². The van der Waals surface area contributed by atoms with E-state index in [9.17, 15) is 27.9 Å². The van der Waals surface area contributed by atoms with Crippen LogP contribution >= 0.6 is 11.3 Å². The van der Waals surface area contributed by atoms with Gasteiger partial charge in [-0.2, -0.15) is 0 Å². The van der Waals surface area contributed by atoms with Crippen LogP contribution < -0.4 is 10.6 Å². The van der Waals surface area contributed by atoms with Crippen molar-refractivity contribution in [3.05, 3.63) is 46.1 Å². The molecule has 1 aliphatic rings. The quantitative estimate of drug-likeness (QED) is 0.551. The Kier molecular flexibility index (Phi) is 6.13. The van der Waals surface area contributed by atoms with E-state index in [0.717, 1.165) is 11.9 Å². The Morgan fingerprint density at radius 1 is 1.23 bits per heavy atom. The summed E-state index contributed by atoms with van der Waals surface area (Å²) in [6.07, 6.45) is 1.24. The third-order valence-corrected chi connectivity index (χ3v) is 7.28. The number of ketones is 1. The molecule has 0 saturated heterocycles. The summed E-state index contributed by atoms with van der Waals surface area (Å²) in [7, 11) is -1.65. The Balaban J connectivity index is 2.09. The number of Topliss-reactive ketones (excluding diaryl/α,β-unsaturated/α-hetero) is 1. The lowest BCUT2D eigenvalue weighted by Crippen LogP contribution is -2.37. The Morgan fingerprint density at radius 3 is 2.55 bits per heavy atom. The number of carbonyl (C=O) groups excluding carboxylic acids is 3. The van der Waals surface area contributed by atoms with Crippen LogP contribution in [-0.2, 0) is 19.6 Å². The molecule has 0 saturated carbocycles. The van der Waals surface area contributed by atoms with Crippen molar-refractivity contribution < 1.29 is 27.9 Å². The van der Waals surface area contributed by atoms with Crippen molar-refractivity contribution in [1.82, 2.24) is 14.6 Å². The number of aliphatic hydroxyl groups is 1. The molecule has 2 heterocycles. The molecule has 0 atom stereocenters. The number of aliphatic hydroxyl groups excluding tert-OH is 1. The van der Waals surface area contributed by atoms with Gasteiger partial charge in [0.15, 0.2) is 22.4 Å². The van der Waals surface area contributed by atoms with Gasteiger partial charge in [0.1, 0.15) is 0 Å². The van der Waals surface area contributed by atoms with Crippen LogP contribution in [0.1, 0.15) is 33.6 Å². The number of aromatic nitrogens is 1. The number of thiazole rings is 1. The molecule has 3 rings (SSSR count). The lowest BCUT2D eigenvalue weighted by molar-refractivity contribution is -0.120. The number of hydrogen-bond acceptors (Lipinski definition) is 8. The van der Waals surface area contributed by atoms with Gasteiger partial charge in [-0.15, -0.1) is 11.3 Å². The SMILES string of the molecule is CNC(=O)CCC(=O)c1cccc2c1C(O)=C(C(=O)Nc1ncc(C)s1)N(C)S2(=O)=O. The number of benzene rings is 1. The highest BCUT2D eigenvalue weighted by Gasteiger charge is 2.40. The van der Waals surface area contributed by atoms with Crippen LogP contribution in [0.4, 0.5) is 5.13 Å². The Morgan fingerprint density at radius 2 is 1.94 bits per heavy atom. The van der Waals surface area contributed by atoms with Gasteiger partial charge < -0.3 is 10.4 Å². The molecule has 1 aromatic heterocycles. The first-order valence-electron chi connectivity index (χ1n) is 9.11. The lowest BCUT2D eigenvalue weighted by Gasteiger charge is -2.29. The number of sulfonamides is 1. The first kappa shape index (κ1) is 22.4. The molecule has 0 fully saturated rings. The maximum Gasteiger partial charge on any atom is 0.278 e. The minimum Gasteiger partial charge on any atom is -0.505 e. The number of rotatable bonds is 6. The highest BCUT2D eigenvalue weighted by atomic mass is 32.2. The van der Waals surface area contributed by atoms with E-state index in [2.05, 4.69) is 15.6 Å². The van der Waals surface area contributed by atoms with E-state index in [1.807, 2.05) is 0 Å². The predicted molar refractivity (Wildman–Crippen MR) is 114 cm³/mol. The summed E-state index contributed by atoms with van der Waals surface area (Å²) in [6.45, 7) is 1.79. The molecular weight excluding hydrogens is 444 g/mol. The molecule has 0 radical (unpaired) electrons. The molecule has 2 aromatic rings. The molecular formula is C19H20N4O6S2. The van der Waals surface area contributed by atoms with Crippen molar-refractivity contribution in [1.29, 1.82) is 0 Å². The highest BCUT2D eigenvalue weighted by Crippen LogP contribution is 2.37. The zero-order valence-electron chi connectivity index (χ0n) is 16.9. The van der Waals surface area contributed by atoms with Crippen LogP contribution in [0.25, 0.3) is 5.76 Å². The van der Waals surface area contributed by atoms with Crippen molar-refractivity contribution in [3.63, 3.8) is 0 Å². The van der Waals surface area contributed by atoms with Crippen LogP contribution in [0.15, 0.2) is 35.0 Å². The van der Waals surface area contributed by atoms with E-state index < -0.39 is 33.2 Å². The normalized spacial score (nSPS) is 14.7. The average Bonchev–Trinajstić information content (AvgIpc) is 3.14. The number of carbonyl (C=O) groups is 3. The predicted octanol–water partition coefficient (Wildman–Crippen LogP) is 1.66. The van der Waals surface area contributed by atoms with Gasteiger partial charge in [0, 0.05) is 43.6 Å². The first-order valence-corrected chi connectivity index (χ1v) is 11.4. The lowest BCUT2D eigenvalue weighted by atomic mass is 9.98. The number of anilines is 1. The van der Waals surface area contributed by atoms with E-state index in [0.29, 0.717) is 4.31 Å². The molecule has 0 aliphatic carbocycles. The second kappa shape index (κ2) is 8.47. The van der Waals surface area contributed by atoms with E-state index in [1.165, 1.54) is 42.8 Å². The number of fused-ring (bicyclic) bond motifs is 1. The van der Waals surface area contributed by atoms with Gasteiger partial charge in [0.05, 0.1) is 10.5 Å². The van der Waals surface area contributed by atoms with E-state index in [-0.39, 0.29) is 39.9 Å². The number of nitrogens with zero attached hydrogens (tertiary/aromatic N) is 2. The van der Waals surface area contributed by atoms with Crippen molar-refractivity contribution in [2.45, 2.75) is 24.7 Å². The second-order valence-corrected chi connectivity index (χ2v) is 9.85. The van der Waals surface area contributed by atoms with Gasteiger partial charge in [-0.25, -0.2) is 13.4 Å². The number of hydrogen-bond donors (Lipinski definition) is 3. The highest BCUT2D eigenvalue weighted by molar-refractivity contribution is 7.89. The molecule has 12 heteroatoms. The summed E-state index contributed by atoms with van der Waals surface area (Å²) in [5.74, 6) is -2.44. The maximum absolute atomic E-state index is 13.0. The van der Waals surface area contributed by atoms with Gasteiger partial charge in [0.2, 0.25) is 5.91 Å². The summed E-state index contributed by atoms with van der Waals surface area (Å²) < 4.78 is 26.7. The first-order chi connectivity index (χ1) is 14.6. The van der Waals surface area contributed by atoms with Gasteiger partial charge in [-0.1, -0.05) is 12.1 Å². The zero-order chi connectivity index (χ0) is 22.9. The summed E-state index contributed by atoms with van der Waals surface area (Å²) >= 11 is 1.18. The third-order valence-electron chi connectivity index (χ3n) is 4.66. The largest absolute Gasteiger partial charge is 0.505 e. The van der Waals surface area contributed by atoms with Gasteiger partial charge in [0.25, 0.3) is 15.9 Å². The topological polar surface area (TPSA) is 146 Å². The summed E-state index contributed by atoms with van der Waals surface area (Å²) in [6, 6.07) is 3.96. The molecule has 0 spiro atoms. The Bertz CT molecular complexity index is 1220. The zero-order valence-corrected chi connectivity index (χ0v) is 18.6. The van der Waals surface area contributed by atoms with Crippen molar-refractivity contribution in [2.75, 3.05) is 19.4 Å².